The molecule has 6 aliphatic rings. The van der Waals surface area contributed by atoms with Crippen LogP contribution in [0.15, 0.2) is 48.5 Å². The number of amides is 3. The molecule has 4 bridgehead atoms. The summed E-state index contributed by atoms with van der Waals surface area (Å²) in [5, 5.41) is 3.45. The van der Waals surface area contributed by atoms with Gasteiger partial charge in [0.25, 0.3) is 0 Å². The maximum atomic E-state index is 13.8. The van der Waals surface area contributed by atoms with E-state index in [9.17, 15) is 9.59 Å². The molecule has 2 aromatic rings. The molecule has 3 N–H and O–H groups in total. The molecule has 2 aliphatic heterocycles. The number of primary amides is 1. The number of para-hydroxylation sites is 2. The van der Waals surface area contributed by atoms with Crippen molar-refractivity contribution >= 4 is 34.7 Å². The first-order chi connectivity index (χ1) is 20.9. The normalized spacial score (nSPS) is 30.1. The number of carbonyl (C=O) groups is 2. The monoisotopic (exact) mass is 584 g/mol. The molecule has 8 rings (SSSR count). The lowest BCUT2D eigenvalue weighted by Crippen LogP contribution is -2.63. The van der Waals surface area contributed by atoms with Crippen molar-refractivity contribution in [3.63, 3.8) is 0 Å². The highest BCUT2D eigenvalue weighted by atomic mass is 16.2. The van der Waals surface area contributed by atoms with Gasteiger partial charge in [0.2, 0.25) is 5.91 Å². The van der Waals surface area contributed by atoms with Crippen LogP contribution in [0.2, 0.25) is 0 Å². The van der Waals surface area contributed by atoms with Gasteiger partial charge in [-0.15, -0.1) is 0 Å². The van der Waals surface area contributed by atoms with Gasteiger partial charge in [0.15, 0.2) is 0 Å². The molecule has 5 fully saturated rings. The zero-order valence-corrected chi connectivity index (χ0v) is 25.9. The topological polar surface area (TPSA) is 85.2 Å². The molecule has 2 heterocycles. The Hall–Kier alpha value is -3.26. The van der Waals surface area contributed by atoms with Crippen molar-refractivity contribution in [2.45, 2.75) is 70.9 Å². The van der Waals surface area contributed by atoms with E-state index in [1.165, 1.54) is 18.5 Å². The van der Waals surface area contributed by atoms with Crippen molar-refractivity contribution in [2.75, 3.05) is 54.0 Å². The van der Waals surface area contributed by atoms with E-state index in [-0.39, 0.29) is 23.4 Å². The van der Waals surface area contributed by atoms with E-state index in [0.717, 1.165) is 81.9 Å². The maximum absolute atomic E-state index is 13.8. The largest absolute Gasteiger partial charge is 0.369 e. The zero-order chi connectivity index (χ0) is 29.7. The Kier molecular flexibility index (Phi) is 7.52. The number of hydrogen-bond donors (Lipinski definition) is 2. The number of urea groups is 1. The van der Waals surface area contributed by atoms with Gasteiger partial charge in [0.05, 0.1) is 11.4 Å². The summed E-state index contributed by atoms with van der Waals surface area (Å²) >= 11 is 0. The summed E-state index contributed by atoms with van der Waals surface area (Å²) in [7, 11) is 0. The van der Waals surface area contributed by atoms with E-state index in [0.29, 0.717) is 30.3 Å². The fourth-order valence-electron chi connectivity index (χ4n) is 9.62. The van der Waals surface area contributed by atoms with Gasteiger partial charge >= 0.3 is 6.03 Å². The first-order valence-corrected chi connectivity index (χ1v) is 16.7. The number of rotatable bonds is 7. The molecular formula is C35H48N6O2. The van der Waals surface area contributed by atoms with Crippen LogP contribution < -0.4 is 25.8 Å². The Morgan fingerprint density at radius 2 is 1.47 bits per heavy atom. The second-order valence-electron chi connectivity index (χ2n) is 13.9. The molecule has 3 amide bonds. The number of carbonyl (C=O) groups excluding carboxylic acids is 2. The maximum Gasteiger partial charge on any atom is 0.322 e. The molecule has 43 heavy (non-hydrogen) atoms. The molecule has 0 aromatic heterocycles. The van der Waals surface area contributed by atoms with Gasteiger partial charge in [-0.25, -0.2) is 4.79 Å². The Labute approximate surface area is 256 Å². The van der Waals surface area contributed by atoms with Crippen molar-refractivity contribution < 1.29 is 9.59 Å². The van der Waals surface area contributed by atoms with Crippen molar-refractivity contribution in [1.29, 1.82) is 0 Å². The third kappa shape index (κ3) is 5.05. The van der Waals surface area contributed by atoms with Gasteiger partial charge in [0, 0.05) is 68.1 Å². The van der Waals surface area contributed by atoms with Gasteiger partial charge in [-0.2, -0.15) is 0 Å². The van der Waals surface area contributed by atoms with Gasteiger partial charge in [-0.05, 0) is 99.1 Å². The van der Waals surface area contributed by atoms with E-state index >= 15 is 0 Å². The number of fused-ring (bicyclic) bond motifs is 1. The van der Waals surface area contributed by atoms with Crippen LogP contribution in [0, 0.1) is 23.2 Å². The average molecular weight is 585 g/mol. The van der Waals surface area contributed by atoms with E-state index in [2.05, 4.69) is 76.3 Å². The molecule has 1 saturated heterocycles. The first-order valence-electron chi connectivity index (χ1n) is 16.7. The number of nitrogens with zero attached hydrogens (tertiary/aromatic N) is 4. The van der Waals surface area contributed by atoms with Crippen LogP contribution in [-0.2, 0) is 4.79 Å². The van der Waals surface area contributed by atoms with Crippen LogP contribution in [0.4, 0.5) is 27.5 Å². The number of hydrogen-bond acceptors (Lipinski definition) is 5. The minimum atomic E-state index is -0.340. The smallest absolute Gasteiger partial charge is 0.322 e. The van der Waals surface area contributed by atoms with E-state index in [4.69, 9.17) is 5.73 Å². The number of piperazine rings is 1. The molecule has 0 radical (unpaired) electrons. The lowest BCUT2D eigenvalue weighted by Gasteiger charge is -2.59. The minimum Gasteiger partial charge on any atom is -0.369 e. The SMILES string of the molecule is CCC(CC)N1CCN(c2ccc(N3CCN(C(=O)NC4[C@@H]5CC6C[C@H]4CC(C(N)=O)(C6)C5)c4ccccc43)cc2)CC1. The fraction of sp³-hybridized carbons (Fsp3) is 0.600. The summed E-state index contributed by atoms with van der Waals surface area (Å²) in [4.78, 5) is 35.6. The summed E-state index contributed by atoms with van der Waals surface area (Å²) in [5.74, 6) is 1.14. The Morgan fingerprint density at radius 3 is 2.09 bits per heavy atom. The van der Waals surface area contributed by atoms with Gasteiger partial charge in [-0.3, -0.25) is 14.6 Å². The third-order valence-corrected chi connectivity index (χ3v) is 11.6. The molecule has 5 atom stereocenters. The number of benzene rings is 2. The molecule has 8 nitrogen and oxygen atoms in total. The van der Waals surface area contributed by atoms with Crippen LogP contribution in [0.1, 0.15) is 58.8 Å². The first kappa shape index (κ1) is 28.5. The summed E-state index contributed by atoms with van der Waals surface area (Å²) in [6.07, 6.45) is 7.25. The van der Waals surface area contributed by atoms with Crippen LogP contribution in [-0.4, -0.2) is 68.2 Å². The lowest BCUT2D eigenvalue weighted by molar-refractivity contribution is -0.145. The van der Waals surface area contributed by atoms with Crippen molar-refractivity contribution in [2.24, 2.45) is 28.9 Å². The van der Waals surface area contributed by atoms with Crippen LogP contribution in [0.5, 0.6) is 0 Å². The Bertz CT molecular complexity index is 1320. The second-order valence-corrected chi connectivity index (χ2v) is 13.9. The number of nitrogens with one attached hydrogen (secondary N) is 1. The van der Waals surface area contributed by atoms with Crippen LogP contribution in [0.25, 0.3) is 0 Å². The quantitative estimate of drug-likeness (QED) is 0.459. The van der Waals surface area contributed by atoms with Crippen molar-refractivity contribution in [3.05, 3.63) is 48.5 Å². The molecule has 4 saturated carbocycles. The summed E-state index contributed by atoms with van der Waals surface area (Å²) in [6.45, 7) is 10.4. The highest BCUT2D eigenvalue weighted by molar-refractivity contribution is 5.98. The molecule has 8 heteroatoms. The average Bonchev–Trinajstić information content (AvgIpc) is 3.03. The third-order valence-electron chi connectivity index (χ3n) is 11.6. The number of anilines is 4. The molecular weight excluding hydrogens is 536 g/mol. The highest BCUT2D eigenvalue weighted by Crippen LogP contribution is 2.60. The molecule has 230 valence electrons. The van der Waals surface area contributed by atoms with Crippen LogP contribution in [0.3, 0.4) is 0 Å². The zero-order valence-electron chi connectivity index (χ0n) is 25.9. The van der Waals surface area contributed by atoms with E-state index < -0.39 is 0 Å². The molecule has 4 aliphatic carbocycles. The van der Waals surface area contributed by atoms with Gasteiger partial charge in [-0.1, -0.05) is 26.0 Å². The van der Waals surface area contributed by atoms with Crippen LogP contribution >= 0.6 is 0 Å². The molecule has 3 unspecified atom stereocenters. The van der Waals surface area contributed by atoms with Gasteiger partial charge < -0.3 is 20.9 Å². The number of nitrogens with two attached hydrogens (primary N) is 1. The summed E-state index contributed by atoms with van der Waals surface area (Å²) < 4.78 is 0. The Balaban J connectivity index is 1.03. The van der Waals surface area contributed by atoms with Gasteiger partial charge in [0.1, 0.15) is 0 Å². The Morgan fingerprint density at radius 1 is 0.837 bits per heavy atom. The summed E-state index contributed by atoms with van der Waals surface area (Å²) in [5.41, 5.74) is 10.0. The summed E-state index contributed by atoms with van der Waals surface area (Å²) in [6, 6.07) is 18.1. The predicted octanol–water partition coefficient (Wildman–Crippen LogP) is 5.35. The fourth-order valence-corrected chi connectivity index (χ4v) is 9.62. The van der Waals surface area contributed by atoms with Crippen molar-refractivity contribution in [1.82, 2.24) is 10.2 Å². The molecule has 2 aromatic carbocycles. The van der Waals surface area contributed by atoms with Crippen molar-refractivity contribution in [3.8, 4) is 0 Å². The van der Waals surface area contributed by atoms with E-state index in [1.54, 1.807) is 0 Å². The second kappa shape index (κ2) is 11.3. The minimum absolute atomic E-state index is 0.0134. The highest BCUT2D eigenvalue weighted by Gasteiger charge is 2.58. The van der Waals surface area contributed by atoms with E-state index in [1.807, 2.05) is 11.0 Å². The standard InChI is InChI=1S/C35H48N6O2/c1-3-27(4-2)38-13-15-39(16-14-38)28-9-11-29(12-10-28)40-17-18-41(31-8-6-5-7-30(31)40)34(43)37-32-25-19-24-20-26(32)23-35(21-24,22-25)33(36)42/h5-12,24-27,32H,3-4,13-23H2,1-2H3,(H2,36,42)(H,37,43)/t24?,25-,26+,32?,35?. The predicted molar refractivity (Wildman–Crippen MR) is 173 cm³/mol. The lowest BCUT2D eigenvalue weighted by atomic mass is 9.47. The molecule has 0 spiro atoms.